The number of hydrogen-bond acceptors (Lipinski definition) is 5. The number of carbonyl (C=O) groups is 2. The lowest BCUT2D eigenvalue weighted by Crippen LogP contribution is -2.35. The quantitative estimate of drug-likeness (QED) is 0.767. The molecule has 0 unspecified atom stereocenters. The monoisotopic (exact) mass is 273 g/mol. The molecular formula is C13H15N5O2. The van der Waals surface area contributed by atoms with Crippen LogP contribution in [0.2, 0.25) is 0 Å². The van der Waals surface area contributed by atoms with Crippen LogP contribution in [0.3, 0.4) is 0 Å². The van der Waals surface area contributed by atoms with Crippen molar-refractivity contribution in [3.8, 4) is 0 Å². The molecule has 0 aliphatic rings. The van der Waals surface area contributed by atoms with Gasteiger partial charge in [0, 0.05) is 18.4 Å². The molecule has 0 aliphatic heterocycles. The van der Waals surface area contributed by atoms with Crippen molar-refractivity contribution in [2.45, 2.75) is 13.3 Å². The summed E-state index contributed by atoms with van der Waals surface area (Å²) in [5.41, 5.74) is 6.78. The molecule has 20 heavy (non-hydrogen) atoms. The Balaban J connectivity index is 2.05. The molecule has 1 aromatic heterocycles. The lowest BCUT2D eigenvalue weighted by molar-refractivity contribution is -0.119. The molecule has 104 valence electrons. The normalized spacial score (nSPS) is 10.2. The molecule has 0 fully saturated rings. The van der Waals surface area contributed by atoms with Gasteiger partial charge in [0.2, 0.25) is 5.91 Å². The molecule has 0 spiro atoms. The van der Waals surface area contributed by atoms with Crippen LogP contribution in [0, 0.1) is 6.92 Å². The van der Waals surface area contributed by atoms with Crippen molar-refractivity contribution in [1.82, 2.24) is 15.3 Å². The summed E-state index contributed by atoms with van der Waals surface area (Å²) in [6, 6.07) is 5.01. The van der Waals surface area contributed by atoms with Crippen LogP contribution in [0.15, 0.2) is 24.5 Å². The van der Waals surface area contributed by atoms with E-state index in [1.807, 2.05) is 30.4 Å². The Morgan fingerprint density at radius 3 is 2.85 bits per heavy atom. The van der Waals surface area contributed by atoms with Crippen molar-refractivity contribution in [3.63, 3.8) is 0 Å². The van der Waals surface area contributed by atoms with Gasteiger partial charge >= 0.3 is 6.03 Å². The fourth-order valence-corrected chi connectivity index (χ4v) is 1.81. The second-order valence-corrected chi connectivity index (χ2v) is 4.33. The number of nitrogens with one attached hydrogen (secondary N) is 2. The van der Waals surface area contributed by atoms with Gasteiger partial charge in [0.05, 0.1) is 5.52 Å². The number of fused-ring (bicyclic) bond motifs is 1. The minimum absolute atomic E-state index is 0.125. The number of nitrogens with two attached hydrogens (primary N) is 1. The third kappa shape index (κ3) is 3.41. The zero-order valence-electron chi connectivity index (χ0n) is 11.0. The lowest BCUT2D eigenvalue weighted by Gasteiger charge is -2.08. The predicted molar refractivity (Wildman–Crippen MR) is 75.1 cm³/mol. The average molecular weight is 273 g/mol. The molecule has 7 heteroatoms. The van der Waals surface area contributed by atoms with E-state index < -0.39 is 11.9 Å². The van der Waals surface area contributed by atoms with E-state index in [4.69, 9.17) is 5.73 Å². The summed E-state index contributed by atoms with van der Waals surface area (Å²) >= 11 is 0. The first-order chi connectivity index (χ1) is 9.56. The van der Waals surface area contributed by atoms with Crippen molar-refractivity contribution < 1.29 is 9.59 Å². The Hall–Kier alpha value is -2.70. The predicted octanol–water partition coefficient (Wildman–Crippen LogP) is 0.935. The highest BCUT2D eigenvalue weighted by Crippen LogP contribution is 2.20. The Labute approximate surface area is 115 Å². The van der Waals surface area contributed by atoms with Gasteiger partial charge in [-0.2, -0.15) is 0 Å². The summed E-state index contributed by atoms with van der Waals surface area (Å²) in [6.07, 6.45) is 1.59. The minimum Gasteiger partial charge on any atom is -0.369 e. The van der Waals surface area contributed by atoms with E-state index in [1.165, 1.54) is 6.33 Å². The van der Waals surface area contributed by atoms with Gasteiger partial charge in [0.25, 0.3) is 0 Å². The second-order valence-electron chi connectivity index (χ2n) is 4.33. The van der Waals surface area contributed by atoms with Crippen molar-refractivity contribution >= 4 is 28.7 Å². The van der Waals surface area contributed by atoms with Crippen LogP contribution in [0.4, 0.5) is 10.6 Å². The number of amides is 3. The van der Waals surface area contributed by atoms with Crippen LogP contribution in [0.5, 0.6) is 0 Å². The van der Waals surface area contributed by atoms with Gasteiger partial charge in [-0.05, 0) is 19.1 Å². The second kappa shape index (κ2) is 5.96. The van der Waals surface area contributed by atoms with Crippen molar-refractivity contribution in [2.24, 2.45) is 5.73 Å². The topological polar surface area (TPSA) is 110 Å². The van der Waals surface area contributed by atoms with E-state index in [2.05, 4.69) is 15.3 Å². The number of aryl methyl sites for hydroxylation is 1. The van der Waals surface area contributed by atoms with E-state index in [-0.39, 0.29) is 6.42 Å². The minimum atomic E-state index is -0.849. The summed E-state index contributed by atoms with van der Waals surface area (Å²) in [4.78, 5) is 30.1. The van der Waals surface area contributed by atoms with Crippen LogP contribution in [-0.4, -0.2) is 28.5 Å². The first-order valence-electron chi connectivity index (χ1n) is 6.11. The Morgan fingerprint density at radius 1 is 1.30 bits per heavy atom. The maximum absolute atomic E-state index is 11.3. The van der Waals surface area contributed by atoms with Gasteiger partial charge in [-0.1, -0.05) is 11.6 Å². The summed E-state index contributed by atoms with van der Waals surface area (Å²) in [5, 5.41) is 5.95. The fourth-order valence-electron chi connectivity index (χ4n) is 1.81. The Morgan fingerprint density at radius 2 is 2.10 bits per heavy atom. The third-order valence-corrected chi connectivity index (χ3v) is 2.70. The van der Waals surface area contributed by atoms with E-state index in [1.54, 1.807) is 0 Å². The fraction of sp³-hybridized carbons (Fsp3) is 0.231. The SMILES string of the molecule is Cc1ccc2ncnc(NCCC(=O)NC(N)=O)c2c1. The number of anilines is 1. The van der Waals surface area contributed by atoms with Gasteiger partial charge in [0.1, 0.15) is 12.1 Å². The van der Waals surface area contributed by atoms with Gasteiger partial charge in [-0.15, -0.1) is 0 Å². The van der Waals surface area contributed by atoms with Crippen LogP contribution in [-0.2, 0) is 4.79 Å². The van der Waals surface area contributed by atoms with E-state index in [0.29, 0.717) is 12.4 Å². The van der Waals surface area contributed by atoms with E-state index in [9.17, 15) is 9.59 Å². The maximum atomic E-state index is 11.3. The summed E-state index contributed by atoms with van der Waals surface area (Å²) in [6.45, 7) is 2.33. The van der Waals surface area contributed by atoms with Gasteiger partial charge in [-0.25, -0.2) is 14.8 Å². The zero-order valence-corrected chi connectivity index (χ0v) is 11.0. The first-order valence-corrected chi connectivity index (χ1v) is 6.11. The van der Waals surface area contributed by atoms with Crippen molar-refractivity contribution in [3.05, 3.63) is 30.1 Å². The molecule has 3 amide bonds. The zero-order chi connectivity index (χ0) is 14.5. The van der Waals surface area contributed by atoms with Gasteiger partial charge < -0.3 is 11.1 Å². The molecule has 0 bridgehead atoms. The van der Waals surface area contributed by atoms with Crippen molar-refractivity contribution in [2.75, 3.05) is 11.9 Å². The largest absolute Gasteiger partial charge is 0.369 e. The molecule has 7 nitrogen and oxygen atoms in total. The highest BCUT2D eigenvalue weighted by Gasteiger charge is 2.06. The van der Waals surface area contributed by atoms with E-state index in [0.717, 1.165) is 16.5 Å². The molecule has 0 radical (unpaired) electrons. The number of primary amides is 1. The number of nitrogens with zero attached hydrogens (tertiary/aromatic N) is 2. The number of benzene rings is 1. The highest BCUT2D eigenvalue weighted by molar-refractivity contribution is 5.94. The number of hydrogen-bond donors (Lipinski definition) is 3. The molecule has 2 aromatic rings. The van der Waals surface area contributed by atoms with Crippen LogP contribution < -0.4 is 16.4 Å². The molecule has 2 rings (SSSR count). The van der Waals surface area contributed by atoms with Crippen LogP contribution >= 0.6 is 0 Å². The number of rotatable bonds is 4. The number of imide groups is 1. The summed E-state index contributed by atoms with van der Waals surface area (Å²) in [5.74, 6) is 0.227. The molecular weight excluding hydrogens is 258 g/mol. The van der Waals surface area contributed by atoms with Gasteiger partial charge in [-0.3, -0.25) is 10.1 Å². The van der Waals surface area contributed by atoms with Gasteiger partial charge in [0.15, 0.2) is 0 Å². The van der Waals surface area contributed by atoms with Crippen molar-refractivity contribution in [1.29, 1.82) is 0 Å². The van der Waals surface area contributed by atoms with Crippen LogP contribution in [0.1, 0.15) is 12.0 Å². The highest BCUT2D eigenvalue weighted by atomic mass is 16.2. The lowest BCUT2D eigenvalue weighted by atomic mass is 10.1. The number of carbonyl (C=O) groups excluding carboxylic acids is 2. The molecule has 4 N–H and O–H groups in total. The molecule has 0 aliphatic carbocycles. The van der Waals surface area contributed by atoms with E-state index >= 15 is 0 Å². The Kier molecular flexibility index (Phi) is 4.09. The Bertz CT molecular complexity index is 656. The molecule has 1 heterocycles. The molecule has 1 aromatic carbocycles. The van der Waals surface area contributed by atoms with Crippen LogP contribution in [0.25, 0.3) is 10.9 Å². The smallest absolute Gasteiger partial charge is 0.318 e. The average Bonchev–Trinajstić information content (AvgIpc) is 2.38. The first kappa shape index (κ1) is 13.7. The standard InChI is InChI=1S/C13H15N5O2/c1-8-2-3-10-9(6-8)12(17-7-16-10)15-5-4-11(19)18-13(14)20/h2-3,6-7H,4-5H2,1H3,(H,15,16,17)(H3,14,18,19,20). The molecule has 0 saturated heterocycles. The maximum Gasteiger partial charge on any atom is 0.318 e. The number of aromatic nitrogens is 2. The third-order valence-electron chi connectivity index (χ3n) is 2.70. The molecule has 0 saturated carbocycles. The summed E-state index contributed by atoms with van der Waals surface area (Å²) in [7, 11) is 0. The molecule has 0 atom stereocenters. The summed E-state index contributed by atoms with van der Waals surface area (Å²) < 4.78 is 0. The number of urea groups is 1.